The maximum absolute atomic E-state index is 12.9. The Hall–Kier alpha value is -6.54. The third-order valence-electron chi connectivity index (χ3n) is 13.8. The quantitative estimate of drug-likeness (QED) is 0.0369. The lowest BCUT2D eigenvalue weighted by atomic mass is 9.87. The van der Waals surface area contributed by atoms with Crippen molar-refractivity contribution >= 4 is 24.0 Å². The van der Waals surface area contributed by atoms with Gasteiger partial charge >= 0.3 is 36.4 Å². The zero-order valence-corrected chi connectivity index (χ0v) is 43.2. The summed E-state index contributed by atoms with van der Waals surface area (Å²) >= 11 is 0. The molecule has 2 saturated heterocycles. The van der Waals surface area contributed by atoms with E-state index in [1.54, 1.807) is 86.3 Å². The molecule has 0 aliphatic carbocycles. The Balaban J connectivity index is 0.000000277. The van der Waals surface area contributed by atoms with Crippen molar-refractivity contribution in [3.05, 3.63) is 130 Å². The highest BCUT2D eigenvalue weighted by Gasteiger charge is 2.45. The minimum atomic E-state index is -4.41. The number of likely N-dealkylation sites (N-methyl/N-ethyl adjacent to an activating group) is 2. The third kappa shape index (κ3) is 16.0. The smallest absolute Gasteiger partial charge is 0.416 e. The van der Waals surface area contributed by atoms with E-state index in [9.17, 15) is 55.7 Å². The summed E-state index contributed by atoms with van der Waals surface area (Å²) in [6.45, 7) is 9.00. The van der Waals surface area contributed by atoms with E-state index < -0.39 is 57.7 Å². The SMILES string of the molecule is CCCCOC(C)(Cc1ccc(OCCC2(Cc3ccc(C(F)(F)F)cc3)CNC(=O)N2C)cc1)C(=O)O.CCCOC(C)(Cc1ccc(OCCC2(Cc3ccc(C(F)(F)F)cc3)CNC(=O)N2C)cc1)C(=O)O. The van der Waals surface area contributed by atoms with Gasteiger partial charge in [-0.1, -0.05) is 68.8 Å². The van der Waals surface area contributed by atoms with Crippen molar-refractivity contribution in [2.45, 2.75) is 120 Å². The van der Waals surface area contributed by atoms with Crippen molar-refractivity contribution in [3.8, 4) is 11.5 Å². The molecule has 2 aliphatic heterocycles. The molecule has 6 rings (SSSR count). The van der Waals surface area contributed by atoms with Crippen molar-refractivity contribution in [2.24, 2.45) is 0 Å². The molecule has 0 radical (unpaired) electrons. The van der Waals surface area contributed by atoms with E-state index in [4.69, 9.17) is 18.9 Å². The minimum Gasteiger partial charge on any atom is -0.494 e. The summed E-state index contributed by atoms with van der Waals surface area (Å²) in [6, 6.07) is 23.7. The molecule has 410 valence electrons. The zero-order valence-electron chi connectivity index (χ0n) is 43.2. The summed E-state index contributed by atoms with van der Waals surface area (Å²) in [5.41, 5.74) is -2.43. The number of rotatable bonds is 25. The minimum absolute atomic E-state index is 0.206. The second kappa shape index (κ2) is 25.3. The van der Waals surface area contributed by atoms with Crippen LogP contribution in [0.1, 0.15) is 93.2 Å². The van der Waals surface area contributed by atoms with Gasteiger partial charge in [-0.05, 0) is 110 Å². The van der Waals surface area contributed by atoms with Crippen LogP contribution in [0, 0.1) is 0 Å². The van der Waals surface area contributed by atoms with Crippen LogP contribution in [0.2, 0.25) is 0 Å². The molecule has 2 fully saturated rings. The second-order valence-electron chi connectivity index (χ2n) is 19.6. The van der Waals surface area contributed by atoms with E-state index in [2.05, 4.69) is 10.6 Å². The van der Waals surface area contributed by atoms with Crippen molar-refractivity contribution in [3.63, 3.8) is 0 Å². The van der Waals surface area contributed by atoms with E-state index >= 15 is 0 Å². The van der Waals surface area contributed by atoms with Gasteiger partial charge in [-0.25, -0.2) is 19.2 Å². The van der Waals surface area contributed by atoms with Gasteiger partial charge in [0.2, 0.25) is 0 Å². The Morgan fingerprint density at radius 3 is 1.19 bits per heavy atom. The highest BCUT2D eigenvalue weighted by molar-refractivity contribution is 5.79. The topological polar surface area (TPSA) is 176 Å². The molecule has 2 heterocycles. The second-order valence-corrected chi connectivity index (χ2v) is 19.6. The largest absolute Gasteiger partial charge is 0.494 e. The summed E-state index contributed by atoms with van der Waals surface area (Å²) in [5, 5.41) is 24.9. The maximum Gasteiger partial charge on any atom is 0.416 e. The normalized spacial score (nSPS) is 19.3. The zero-order chi connectivity index (χ0) is 55.2. The lowest BCUT2D eigenvalue weighted by Gasteiger charge is -2.35. The summed E-state index contributed by atoms with van der Waals surface area (Å²) < 4.78 is 101. The van der Waals surface area contributed by atoms with Gasteiger partial charge in [0.05, 0.1) is 35.4 Å². The molecule has 0 saturated carbocycles. The number of unbranched alkanes of at least 4 members (excludes halogenated alkanes) is 1. The summed E-state index contributed by atoms with van der Waals surface area (Å²) in [4.78, 5) is 51.2. The van der Waals surface area contributed by atoms with Gasteiger partial charge in [-0.2, -0.15) is 26.3 Å². The van der Waals surface area contributed by atoms with Crippen LogP contribution in [0.5, 0.6) is 11.5 Å². The predicted molar refractivity (Wildman–Crippen MR) is 268 cm³/mol. The van der Waals surface area contributed by atoms with Gasteiger partial charge in [0.1, 0.15) is 11.5 Å². The van der Waals surface area contributed by atoms with Crippen LogP contribution in [0.25, 0.3) is 0 Å². The van der Waals surface area contributed by atoms with E-state index in [1.807, 2.05) is 13.8 Å². The van der Waals surface area contributed by atoms with Crippen LogP contribution in [-0.4, -0.2) is 120 Å². The number of nitrogens with zero attached hydrogens (tertiary/aromatic N) is 2. The molecule has 4 unspecified atom stereocenters. The van der Waals surface area contributed by atoms with Gasteiger partial charge in [0.15, 0.2) is 11.2 Å². The lowest BCUT2D eigenvalue weighted by molar-refractivity contribution is -0.164. The predicted octanol–water partition coefficient (Wildman–Crippen LogP) is 10.2. The van der Waals surface area contributed by atoms with Gasteiger partial charge in [0, 0.05) is 66.1 Å². The summed E-state index contributed by atoms with van der Waals surface area (Å²) in [5.74, 6) is -0.873. The first-order valence-electron chi connectivity index (χ1n) is 24.8. The Labute approximate surface area is 433 Å². The molecular weight excluding hydrogens is 991 g/mol. The van der Waals surface area contributed by atoms with Gasteiger partial charge in [-0.15, -0.1) is 0 Å². The van der Waals surface area contributed by atoms with Crippen molar-refractivity contribution in [1.29, 1.82) is 0 Å². The number of halogens is 6. The molecule has 20 heteroatoms. The molecule has 0 aromatic heterocycles. The van der Waals surface area contributed by atoms with Gasteiger partial charge in [-0.3, -0.25) is 0 Å². The number of hydrogen-bond acceptors (Lipinski definition) is 8. The number of urea groups is 2. The number of hydrogen-bond donors (Lipinski definition) is 4. The molecule has 4 N–H and O–H groups in total. The van der Waals surface area contributed by atoms with E-state index in [1.165, 1.54) is 24.3 Å². The fourth-order valence-corrected chi connectivity index (χ4v) is 8.87. The third-order valence-corrected chi connectivity index (χ3v) is 13.8. The number of carboxylic acids is 2. The number of nitrogens with one attached hydrogen (secondary N) is 2. The van der Waals surface area contributed by atoms with Crippen LogP contribution in [0.15, 0.2) is 97.1 Å². The standard InChI is InChI=1S/C28H35F3N2O5.C27H33F3N2O5/c1-4-5-15-38-26(2,24(34)35)17-20-8-12-23(13-9-20)37-16-14-27(19-32-25(36)33(27)3)18-21-6-10-22(11-7-21)28(29,30)31;1-4-14-37-25(2,23(33)34)16-19-7-11-22(12-8-19)36-15-13-26(18-31-24(35)32(26)3)17-20-5-9-21(10-6-20)27(28,29)30/h6-13H,4-5,14-19H2,1-3H3,(H,32,36)(H,34,35);5-12H,4,13-18H2,1-3H3,(H,31,35)(H,33,34). The first-order chi connectivity index (χ1) is 35.3. The van der Waals surface area contributed by atoms with Crippen LogP contribution in [0.3, 0.4) is 0 Å². The van der Waals surface area contributed by atoms with Crippen LogP contribution < -0.4 is 20.1 Å². The Kier molecular flexibility index (Phi) is 20.0. The van der Waals surface area contributed by atoms with E-state index in [0.29, 0.717) is 81.0 Å². The van der Waals surface area contributed by atoms with Gasteiger partial charge in [0.25, 0.3) is 0 Å². The van der Waals surface area contributed by atoms with Crippen LogP contribution in [-0.2, 0) is 57.1 Å². The Morgan fingerprint density at radius 2 is 0.893 bits per heavy atom. The molecular formula is C55H68F6N4O10. The molecule has 75 heavy (non-hydrogen) atoms. The van der Waals surface area contributed by atoms with Crippen molar-refractivity contribution in [1.82, 2.24) is 20.4 Å². The fourth-order valence-electron chi connectivity index (χ4n) is 8.87. The maximum atomic E-state index is 12.9. The van der Waals surface area contributed by atoms with Crippen molar-refractivity contribution in [2.75, 3.05) is 53.6 Å². The number of ether oxygens (including phenoxy) is 4. The molecule has 4 aromatic carbocycles. The van der Waals surface area contributed by atoms with E-state index in [-0.39, 0.29) is 38.1 Å². The fraction of sp³-hybridized carbons (Fsp3) is 0.491. The number of aliphatic carboxylic acids is 2. The molecule has 0 bridgehead atoms. The Morgan fingerprint density at radius 1 is 0.547 bits per heavy atom. The molecule has 4 aromatic rings. The highest BCUT2D eigenvalue weighted by Crippen LogP contribution is 2.34. The number of alkyl halides is 6. The molecule has 14 nitrogen and oxygen atoms in total. The molecule has 2 aliphatic rings. The van der Waals surface area contributed by atoms with Crippen molar-refractivity contribution < 1.29 is 74.7 Å². The number of carbonyl (C=O) groups excluding carboxylic acids is 2. The number of carboxylic acid groups (broad SMARTS) is 2. The molecule has 4 atom stereocenters. The molecule has 4 amide bonds. The average Bonchev–Trinajstić information content (AvgIpc) is 3.79. The first kappa shape index (κ1) is 59.3. The van der Waals surface area contributed by atoms with Gasteiger partial charge < -0.3 is 49.6 Å². The van der Waals surface area contributed by atoms with Crippen LogP contribution >= 0.6 is 0 Å². The monoisotopic (exact) mass is 1060 g/mol. The average molecular weight is 1060 g/mol. The first-order valence-corrected chi connectivity index (χ1v) is 24.8. The number of benzene rings is 4. The number of carbonyl (C=O) groups is 4. The Bertz CT molecular complexity index is 2510. The summed E-state index contributed by atoms with van der Waals surface area (Å²) in [6.07, 6.45) is -4.35. The number of amides is 4. The summed E-state index contributed by atoms with van der Waals surface area (Å²) in [7, 11) is 3.34. The molecule has 0 spiro atoms. The highest BCUT2D eigenvalue weighted by atomic mass is 19.4. The van der Waals surface area contributed by atoms with E-state index in [0.717, 1.165) is 48.2 Å². The van der Waals surface area contributed by atoms with Crippen LogP contribution in [0.4, 0.5) is 35.9 Å². The lowest BCUT2D eigenvalue weighted by Crippen LogP contribution is -2.48.